The Morgan fingerprint density at radius 3 is 2.88 bits per heavy atom. The van der Waals surface area contributed by atoms with Crippen molar-refractivity contribution in [2.45, 2.75) is 0 Å². The molecule has 1 heterocycles. The summed E-state index contributed by atoms with van der Waals surface area (Å²) in [6.07, 6.45) is 0. The van der Waals surface area contributed by atoms with Gasteiger partial charge in [-0.25, -0.2) is 9.79 Å². The standard InChI is InChI=1S/C11H13N3OS/c1-12-10(15)14-7-8-16-11(14)13-9-5-3-2-4-6-9/h2-6H,7-8H2,1H3,(H,12,15). The highest BCUT2D eigenvalue weighted by Crippen LogP contribution is 2.22. The van der Waals surface area contributed by atoms with E-state index in [1.165, 1.54) is 0 Å². The molecule has 0 aromatic heterocycles. The van der Waals surface area contributed by atoms with Gasteiger partial charge in [-0.3, -0.25) is 4.90 Å². The Kier molecular flexibility index (Phi) is 3.46. The number of nitrogens with zero attached hydrogens (tertiary/aromatic N) is 2. The lowest BCUT2D eigenvalue weighted by Crippen LogP contribution is -2.38. The van der Waals surface area contributed by atoms with Crippen LogP contribution in [0.2, 0.25) is 0 Å². The number of amides is 2. The minimum Gasteiger partial charge on any atom is -0.341 e. The maximum atomic E-state index is 11.5. The molecule has 84 valence electrons. The molecule has 2 amide bonds. The van der Waals surface area contributed by atoms with Crippen molar-refractivity contribution in [2.24, 2.45) is 4.99 Å². The number of rotatable bonds is 1. The number of nitrogens with one attached hydrogen (secondary N) is 1. The van der Waals surface area contributed by atoms with Crippen LogP contribution in [0.15, 0.2) is 35.3 Å². The molecule has 1 saturated heterocycles. The average molecular weight is 235 g/mol. The fourth-order valence-corrected chi connectivity index (χ4v) is 2.39. The minimum atomic E-state index is -0.0975. The molecule has 1 aromatic rings. The Hall–Kier alpha value is -1.49. The van der Waals surface area contributed by atoms with E-state index in [9.17, 15) is 4.79 Å². The Bertz CT molecular complexity index is 405. The second kappa shape index (κ2) is 5.03. The number of benzene rings is 1. The Balaban J connectivity index is 2.20. The summed E-state index contributed by atoms with van der Waals surface area (Å²) in [5.74, 6) is 0.902. The molecular formula is C11H13N3OS. The molecule has 0 bridgehead atoms. The molecule has 0 saturated carbocycles. The summed E-state index contributed by atoms with van der Waals surface area (Å²) < 4.78 is 0. The van der Waals surface area contributed by atoms with Gasteiger partial charge in [-0.15, -0.1) is 0 Å². The van der Waals surface area contributed by atoms with Gasteiger partial charge in [0.25, 0.3) is 0 Å². The number of hydrogen-bond donors (Lipinski definition) is 1. The van der Waals surface area contributed by atoms with Crippen LogP contribution in [0.4, 0.5) is 10.5 Å². The zero-order valence-electron chi connectivity index (χ0n) is 9.01. The quantitative estimate of drug-likeness (QED) is 0.809. The van der Waals surface area contributed by atoms with E-state index in [1.807, 2.05) is 30.3 Å². The molecule has 1 aliphatic rings. The SMILES string of the molecule is CNC(=O)N1CCSC1=Nc1ccccc1. The summed E-state index contributed by atoms with van der Waals surface area (Å²) in [6, 6.07) is 9.57. The van der Waals surface area contributed by atoms with Gasteiger partial charge in [-0.2, -0.15) is 0 Å². The molecule has 2 rings (SSSR count). The molecule has 4 nitrogen and oxygen atoms in total. The van der Waals surface area contributed by atoms with E-state index in [0.717, 1.165) is 23.2 Å². The Labute approximate surface area is 98.7 Å². The number of amidine groups is 1. The van der Waals surface area contributed by atoms with Crippen LogP contribution < -0.4 is 5.32 Å². The number of urea groups is 1. The van der Waals surface area contributed by atoms with Gasteiger partial charge in [0.15, 0.2) is 5.17 Å². The highest BCUT2D eigenvalue weighted by atomic mass is 32.2. The highest BCUT2D eigenvalue weighted by molar-refractivity contribution is 8.14. The lowest BCUT2D eigenvalue weighted by molar-refractivity contribution is 0.226. The maximum Gasteiger partial charge on any atom is 0.323 e. The van der Waals surface area contributed by atoms with Gasteiger partial charge in [0.1, 0.15) is 0 Å². The zero-order valence-corrected chi connectivity index (χ0v) is 9.83. The lowest BCUT2D eigenvalue weighted by Gasteiger charge is -2.14. The molecular weight excluding hydrogens is 222 g/mol. The molecule has 1 N–H and O–H groups in total. The predicted molar refractivity (Wildman–Crippen MR) is 67.2 cm³/mol. The smallest absolute Gasteiger partial charge is 0.323 e. The van der Waals surface area contributed by atoms with Crippen LogP contribution in [0.3, 0.4) is 0 Å². The molecule has 1 fully saturated rings. The number of carbonyl (C=O) groups excluding carboxylic acids is 1. The average Bonchev–Trinajstić information content (AvgIpc) is 2.77. The summed E-state index contributed by atoms with van der Waals surface area (Å²) in [7, 11) is 1.63. The first-order valence-electron chi connectivity index (χ1n) is 5.07. The number of carbonyl (C=O) groups is 1. The summed E-state index contributed by atoms with van der Waals surface area (Å²) in [5, 5.41) is 3.38. The van der Waals surface area contributed by atoms with Gasteiger partial charge in [0.05, 0.1) is 5.69 Å². The van der Waals surface area contributed by atoms with E-state index in [1.54, 1.807) is 23.7 Å². The van der Waals surface area contributed by atoms with Crippen LogP contribution in [0.25, 0.3) is 0 Å². The van der Waals surface area contributed by atoms with Crippen LogP contribution in [0.5, 0.6) is 0 Å². The molecule has 0 aliphatic carbocycles. The van der Waals surface area contributed by atoms with Crippen molar-refractivity contribution in [1.29, 1.82) is 0 Å². The van der Waals surface area contributed by atoms with E-state index in [4.69, 9.17) is 0 Å². The predicted octanol–water partition coefficient (Wildman–Crippen LogP) is 2.06. The van der Waals surface area contributed by atoms with Crippen molar-refractivity contribution >= 4 is 28.6 Å². The fraction of sp³-hybridized carbons (Fsp3) is 0.273. The van der Waals surface area contributed by atoms with E-state index < -0.39 is 0 Å². The number of para-hydroxylation sites is 1. The van der Waals surface area contributed by atoms with Crippen molar-refractivity contribution in [1.82, 2.24) is 10.2 Å². The number of aliphatic imine (C=N–C) groups is 1. The summed E-state index contributed by atoms with van der Waals surface area (Å²) >= 11 is 1.60. The van der Waals surface area contributed by atoms with E-state index in [-0.39, 0.29) is 6.03 Å². The van der Waals surface area contributed by atoms with E-state index in [2.05, 4.69) is 10.3 Å². The molecule has 5 heteroatoms. The van der Waals surface area contributed by atoms with Gasteiger partial charge in [-0.05, 0) is 12.1 Å². The number of thioether (sulfide) groups is 1. The summed E-state index contributed by atoms with van der Waals surface area (Å²) in [5.41, 5.74) is 0.876. The van der Waals surface area contributed by atoms with Crippen LogP contribution in [0, 0.1) is 0 Å². The van der Waals surface area contributed by atoms with Crippen molar-refractivity contribution in [3.05, 3.63) is 30.3 Å². The van der Waals surface area contributed by atoms with Crippen molar-refractivity contribution in [3.63, 3.8) is 0 Å². The van der Waals surface area contributed by atoms with Crippen molar-refractivity contribution in [2.75, 3.05) is 19.3 Å². The Morgan fingerprint density at radius 2 is 2.19 bits per heavy atom. The maximum absolute atomic E-state index is 11.5. The van der Waals surface area contributed by atoms with Crippen LogP contribution in [-0.2, 0) is 0 Å². The van der Waals surface area contributed by atoms with E-state index in [0.29, 0.717) is 0 Å². The van der Waals surface area contributed by atoms with Crippen LogP contribution in [0.1, 0.15) is 0 Å². The zero-order chi connectivity index (χ0) is 11.4. The lowest BCUT2D eigenvalue weighted by atomic mass is 10.3. The Morgan fingerprint density at radius 1 is 1.44 bits per heavy atom. The topological polar surface area (TPSA) is 44.7 Å². The van der Waals surface area contributed by atoms with Crippen LogP contribution >= 0.6 is 11.8 Å². The van der Waals surface area contributed by atoms with Gasteiger partial charge >= 0.3 is 6.03 Å². The molecule has 1 aliphatic heterocycles. The van der Waals surface area contributed by atoms with Gasteiger partial charge in [-0.1, -0.05) is 30.0 Å². The van der Waals surface area contributed by atoms with Gasteiger partial charge in [0, 0.05) is 19.3 Å². The molecule has 0 radical (unpaired) electrons. The third kappa shape index (κ3) is 2.36. The van der Waals surface area contributed by atoms with Gasteiger partial charge < -0.3 is 5.32 Å². The van der Waals surface area contributed by atoms with Gasteiger partial charge in [0.2, 0.25) is 0 Å². The molecule has 1 aromatic carbocycles. The van der Waals surface area contributed by atoms with Crippen molar-refractivity contribution in [3.8, 4) is 0 Å². The molecule has 16 heavy (non-hydrogen) atoms. The first-order chi connectivity index (χ1) is 7.81. The summed E-state index contributed by atoms with van der Waals surface area (Å²) in [6.45, 7) is 0.718. The highest BCUT2D eigenvalue weighted by Gasteiger charge is 2.24. The van der Waals surface area contributed by atoms with Crippen LogP contribution in [-0.4, -0.2) is 35.4 Å². The second-order valence-electron chi connectivity index (χ2n) is 3.29. The third-order valence-corrected chi connectivity index (χ3v) is 3.17. The molecule has 0 unspecified atom stereocenters. The fourth-order valence-electron chi connectivity index (χ4n) is 1.43. The first kappa shape index (κ1) is 11.0. The van der Waals surface area contributed by atoms with Crippen molar-refractivity contribution < 1.29 is 4.79 Å². The molecule has 0 spiro atoms. The third-order valence-electron chi connectivity index (χ3n) is 2.22. The second-order valence-corrected chi connectivity index (χ2v) is 4.35. The molecule has 0 atom stereocenters. The first-order valence-corrected chi connectivity index (χ1v) is 6.05. The van der Waals surface area contributed by atoms with E-state index >= 15 is 0 Å². The monoisotopic (exact) mass is 235 g/mol. The normalized spacial score (nSPS) is 17.8. The number of hydrogen-bond acceptors (Lipinski definition) is 3. The largest absolute Gasteiger partial charge is 0.341 e. The summed E-state index contributed by atoms with van der Waals surface area (Å²) in [4.78, 5) is 17.7. The minimum absolute atomic E-state index is 0.0975.